The van der Waals surface area contributed by atoms with Crippen molar-refractivity contribution < 1.29 is 34.2 Å². The van der Waals surface area contributed by atoms with E-state index < -0.39 is 66.2 Å². The predicted molar refractivity (Wildman–Crippen MR) is 125 cm³/mol. The highest BCUT2D eigenvalue weighted by atomic mass is 16.4. The number of nitrogens with two attached hydrogens (primary N) is 2. The van der Waals surface area contributed by atoms with E-state index in [1.165, 1.54) is 0 Å². The number of aliphatic carboxylic acids is 2. The second kappa shape index (κ2) is 16.0. The largest absolute Gasteiger partial charge is 0.481 e. The molecule has 0 aliphatic heterocycles. The molecule has 0 radical (unpaired) electrons. The zero-order valence-corrected chi connectivity index (χ0v) is 20.5. The first-order valence-electron chi connectivity index (χ1n) is 11.7. The molecule has 0 saturated carbocycles. The molecule has 0 aromatic rings. The fourth-order valence-electron chi connectivity index (χ4n) is 3.12. The molecule has 0 aliphatic carbocycles. The number of nitrogens with one attached hydrogen (secondary N) is 3. The molecule has 5 unspecified atom stereocenters. The van der Waals surface area contributed by atoms with Crippen LogP contribution in [0, 0.1) is 11.8 Å². The van der Waals surface area contributed by atoms with Crippen molar-refractivity contribution in [1.82, 2.24) is 16.0 Å². The van der Waals surface area contributed by atoms with Gasteiger partial charge in [0.25, 0.3) is 0 Å². The van der Waals surface area contributed by atoms with Crippen molar-refractivity contribution in [3.05, 3.63) is 0 Å². The molecule has 0 spiro atoms. The van der Waals surface area contributed by atoms with E-state index in [0.29, 0.717) is 25.8 Å². The van der Waals surface area contributed by atoms with Crippen LogP contribution in [0.5, 0.6) is 0 Å². The van der Waals surface area contributed by atoms with Gasteiger partial charge in [0.2, 0.25) is 17.7 Å². The minimum absolute atomic E-state index is 0.162. The lowest BCUT2D eigenvalue weighted by atomic mass is 9.98. The molecule has 0 aliphatic rings. The van der Waals surface area contributed by atoms with Crippen LogP contribution in [0.4, 0.5) is 0 Å². The van der Waals surface area contributed by atoms with Crippen molar-refractivity contribution in [2.24, 2.45) is 23.3 Å². The van der Waals surface area contributed by atoms with Crippen LogP contribution >= 0.6 is 0 Å². The number of rotatable bonds is 17. The summed E-state index contributed by atoms with van der Waals surface area (Å²) < 4.78 is 0. The van der Waals surface area contributed by atoms with Gasteiger partial charge in [-0.3, -0.25) is 19.2 Å². The number of unbranched alkanes of at least 4 members (excludes halogenated alkanes) is 1. The Balaban J connectivity index is 5.46. The Morgan fingerprint density at radius 3 is 1.88 bits per heavy atom. The highest BCUT2D eigenvalue weighted by Crippen LogP contribution is 2.09. The molecule has 0 rings (SSSR count). The molecular formula is C22H41N5O7. The van der Waals surface area contributed by atoms with Crippen molar-refractivity contribution in [2.45, 2.75) is 90.4 Å². The SMILES string of the molecule is CCC(C)C(N)C(=O)NC(CCC(=O)O)C(=O)NC(C(=O)NC(CCCCN)C(=O)O)C(C)C. The first-order chi connectivity index (χ1) is 15.8. The minimum atomic E-state index is -1.23. The van der Waals surface area contributed by atoms with E-state index in [2.05, 4.69) is 16.0 Å². The monoisotopic (exact) mass is 487 g/mol. The summed E-state index contributed by atoms with van der Waals surface area (Å²) in [5.41, 5.74) is 11.3. The number of carboxylic acids is 2. The van der Waals surface area contributed by atoms with Crippen molar-refractivity contribution >= 4 is 29.7 Å². The third kappa shape index (κ3) is 11.4. The second-order valence-corrected chi connectivity index (χ2v) is 8.82. The number of carboxylic acid groups (broad SMARTS) is 2. The normalized spacial score (nSPS) is 15.5. The van der Waals surface area contributed by atoms with E-state index in [-0.39, 0.29) is 18.8 Å². The molecule has 0 heterocycles. The fourth-order valence-corrected chi connectivity index (χ4v) is 3.12. The summed E-state index contributed by atoms with van der Waals surface area (Å²) >= 11 is 0. The van der Waals surface area contributed by atoms with Gasteiger partial charge in [0, 0.05) is 6.42 Å². The molecule has 12 nitrogen and oxygen atoms in total. The van der Waals surface area contributed by atoms with Gasteiger partial charge in [0.1, 0.15) is 18.1 Å². The number of hydrogen-bond donors (Lipinski definition) is 7. The van der Waals surface area contributed by atoms with Crippen LogP contribution in [0.3, 0.4) is 0 Å². The molecule has 12 heteroatoms. The Bertz CT molecular complexity index is 701. The van der Waals surface area contributed by atoms with Crippen LogP contribution in [0.1, 0.15) is 66.2 Å². The lowest BCUT2D eigenvalue weighted by Crippen LogP contribution is -2.58. The Labute approximate surface area is 200 Å². The predicted octanol–water partition coefficient (Wildman–Crippen LogP) is -0.451. The number of amides is 3. The van der Waals surface area contributed by atoms with Gasteiger partial charge < -0.3 is 37.6 Å². The van der Waals surface area contributed by atoms with E-state index in [1.54, 1.807) is 20.8 Å². The summed E-state index contributed by atoms with van der Waals surface area (Å²) in [5, 5.41) is 25.9. The van der Waals surface area contributed by atoms with Gasteiger partial charge in [-0.2, -0.15) is 0 Å². The molecule has 3 amide bonds. The van der Waals surface area contributed by atoms with E-state index in [4.69, 9.17) is 16.6 Å². The number of carbonyl (C=O) groups is 5. The molecular weight excluding hydrogens is 446 g/mol. The van der Waals surface area contributed by atoms with E-state index in [1.807, 2.05) is 6.92 Å². The molecule has 0 saturated heterocycles. The lowest BCUT2D eigenvalue weighted by Gasteiger charge is -2.27. The molecule has 5 atom stereocenters. The van der Waals surface area contributed by atoms with Gasteiger partial charge >= 0.3 is 11.9 Å². The first kappa shape index (κ1) is 31.3. The van der Waals surface area contributed by atoms with E-state index >= 15 is 0 Å². The topological polar surface area (TPSA) is 214 Å². The van der Waals surface area contributed by atoms with Gasteiger partial charge in [-0.15, -0.1) is 0 Å². The van der Waals surface area contributed by atoms with Gasteiger partial charge in [0.05, 0.1) is 6.04 Å². The average molecular weight is 488 g/mol. The Hall–Kier alpha value is -2.73. The van der Waals surface area contributed by atoms with Crippen LogP contribution < -0.4 is 27.4 Å². The molecule has 0 aromatic carbocycles. The van der Waals surface area contributed by atoms with Gasteiger partial charge in [-0.25, -0.2) is 4.79 Å². The van der Waals surface area contributed by atoms with E-state index in [9.17, 15) is 29.1 Å². The quantitative estimate of drug-likeness (QED) is 0.132. The smallest absolute Gasteiger partial charge is 0.326 e. The van der Waals surface area contributed by atoms with Crippen LogP contribution in [0.15, 0.2) is 0 Å². The molecule has 34 heavy (non-hydrogen) atoms. The Morgan fingerprint density at radius 2 is 1.41 bits per heavy atom. The maximum Gasteiger partial charge on any atom is 0.326 e. The molecule has 0 fully saturated rings. The Kier molecular flexibility index (Phi) is 14.7. The molecule has 196 valence electrons. The van der Waals surface area contributed by atoms with E-state index in [0.717, 1.165) is 0 Å². The standard InChI is InChI=1S/C22H41N5O7/c1-5-13(4)17(24)20(31)25-14(9-10-16(28)29)19(30)27-18(12(2)3)21(32)26-15(22(33)34)8-6-7-11-23/h12-15,17-18H,5-11,23-24H2,1-4H3,(H,25,31)(H,26,32)(H,27,30)(H,28,29)(H,33,34). The lowest BCUT2D eigenvalue weighted by molar-refractivity contribution is -0.142. The van der Waals surface area contributed by atoms with Gasteiger partial charge in [0.15, 0.2) is 0 Å². The van der Waals surface area contributed by atoms with Crippen LogP contribution in [-0.4, -0.2) is 70.6 Å². The summed E-state index contributed by atoms with van der Waals surface area (Å²) in [6, 6.07) is -4.36. The van der Waals surface area contributed by atoms with Crippen molar-refractivity contribution in [3.8, 4) is 0 Å². The summed E-state index contributed by atoms with van der Waals surface area (Å²) in [7, 11) is 0. The molecule has 9 N–H and O–H groups in total. The summed E-state index contributed by atoms with van der Waals surface area (Å²) in [6.07, 6.45) is 1.33. The van der Waals surface area contributed by atoms with Crippen LogP contribution in [-0.2, 0) is 24.0 Å². The maximum absolute atomic E-state index is 12.9. The second-order valence-electron chi connectivity index (χ2n) is 8.82. The van der Waals surface area contributed by atoms with Crippen LogP contribution in [0.25, 0.3) is 0 Å². The third-order valence-corrected chi connectivity index (χ3v) is 5.65. The fraction of sp³-hybridized carbons (Fsp3) is 0.773. The zero-order chi connectivity index (χ0) is 26.4. The highest BCUT2D eigenvalue weighted by molar-refractivity contribution is 5.94. The van der Waals surface area contributed by atoms with Crippen molar-refractivity contribution in [1.29, 1.82) is 0 Å². The summed E-state index contributed by atoms with van der Waals surface area (Å²) in [4.78, 5) is 60.8. The van der Waals surface area contributed by atoms with Gasteiger partial charge in [-0.1, -0.05) is 34.1 Å². The summed E-state index contributed by atoms with van der Waals surface area (Å²) in [6.45, 7) is 7.37. The molecule has 0 aromatic heterocycles. The van der Waals surface area contributed by atoms with Crippen LogP contribution in [0.2, 0.25) is 0 Å². The Morgan fingerprint density at radius 1 is 0.824 bits per heavy atom. The molecule has 0 bridgehead atoms. The average Bonchev–Trinajstić information content (AvgIpc) is 2.77. The van der Waals surface area contributed by atoms with Crippen molar-refractivity contribution in [2.75, 3.05) is 6.54 Å². The minimum Gasteiger partial charge on any atom is -0.481 e. The van der Waals surface area contributed by atoms with Crippen molar-refractivity contribution in [3.63, 3.8) is 0 Å². The number of hydrogen-bond acceptors (Lipinski definition) is 7. The first-order valence-corrected chi connectivity index (χ1v) is 11.7. The maximum atomic E-state index is 12.9. The third-order valence-electron chi connectivity index (χ3n) is 5.65. The number of carbonyl (C=O) groups excluding carboxylic acids is 3. The highest BCUT2D eigenvalue weighted by Gasteiger charge is 2.32. The zero-order valence-electron chi connectivity index (χ0n) is 20.5. The van der Waals surface area contributed by atoms with Gasteiger partial charge in [-0.05, 0) is 44.1 Å². The summed E-state index contributed by atoms with van der Waals surface area (Å²) in [5.74, 6) is -4.98.